The van der Waals surface area contributed by atoms with E-state index in [2.05, 4.69) is 5.32 Å². The normalized spacial score (nSPS) is 13.5. The largest absolute Gasteiger partial charge is 0.495 e. The Morgan fingerprint density at radius 2 is 1.58 bits per heavy atom. The van der Waals surface area contributed by atoms with Crippen molar-refractivity contribution in [1.29, 1.82) is 0 Å². The number of methoxy groups -OCH3 is 1. The summed E-state index contributed by atoms with van der Waals surface area (Å²) in [4.78, 5) is 30.3. The van der Waals surface area contributed by atoms with Crippen LogP contribution >= 0.6 is 11.6 Å². The highest BCUT2D eigenvalue weighted by atomic mass is 35.5. The van der Waals surface area contributed by atoms with Gasteiger partial charge in [-0.1, -0.05) is 41.4 Å². The Morgan fingerprint density at radius 1 is 0.909 bits per heavy atom. The molecule has 0 saturated carbocycles. The van der Waals surface area contributed by atoms with Gasteiger partial charge in [-0.2, -0.15) is 0 Å². The fraction of sp³-hybridized carbons (Fsp3) is 0.154. The summed E-state index contributed by atoms with van der Waals surface area (Å²) in [6.45, 7) is 1.97. The van der Waals surface area contributed by atoms with E-state index in [1.807, 2.05) is 62.3 Å². The molecule has 0 bridgehead atoms. The van der Waals surface area contributed by atoms with Crippen LogP contribution in [0.25, 0.3) is 5.57 Å². The van der Waals surface area contributed by atoms with Gasteiger partial charge in [0.2, 0.25) is 0 Å². The summed E-state index contributed by atoms with van der Waals surface area (Å²) in [5.74, 6) is -0.343. The SMILES string of the molecule is COc1ccc(Cl)cc1NC1=C(c2ccc(C)cc2)C(=O)N(c2ccc(N(C)C)cc2)C1=O. The second-order valence-electron chi connectivity index (χ2n) is 7.94. The number of carbonyl (C=O) groups excluding carboxylic acids is 2. The predicted octanol–water partition coefficient (Wildman–Crippen LogP) is 5.12. The maximum absolute atomic E-state index is 13.6. The Bertz CT molecular complexity index is 1250. The van der Waals surface area contributed by atoms with Crippen molar-refractivity contribution in [3.8, 4) is 5.75 Å². The van der Waals surface area contributed by atoms with Crippen LogP contribution in [0, 0.1) is 6.92 Å². The highest BCUT2D eigenvalue weighted by molar-refractivity contribution is 6.46. The Labute approximate surface area is 198 Å². The van der Waals surface area contributed by atoms with Crippen LogP contribution in [0.1, 0.15) is 11.1 Å². The van der Waals surface area contributed by atoms with Crippen molar-refractivity contribution in [3.63, 3.8) is 0 Å². The van der Waals surface area contributed by atoms with E-state index < -0.39 is 11.8 Å². The molecule has 1 heterocycles. The van der Waals surface area contributed by atoms with E-state index in [0.717, 1.165) is 11.3 Å². The van der Waals surface area contributed by atoms with Gasteiger partial charge in [-0.3, -0.25) is 9.59 Å². The Morgan fingerprint density at radius 3 is 2.18 bits per heavy atom. The van der Waals surface area contributed by atoms with Crippen LogP contribution in [0.5, 0.6) is 5.75 Å². The highest BCUT2D eigenvalue weighted by Gasteiger charge is 2.40. The zero-order chi connectivity index (χ0) is 23.7. The topological polar surface area (TPSA) is 61.9 Å². The van der Waals surface area contributed by atoms with E-state index in [-0.39, 0.29) is 5.70 Å². The van der Waals surface area contributed by atoms with Gasteiger partial charge in [0.15, 0.2) is 0 Å². The van der Waals surface area contributed by atoms with Crippen molar-refractivity contribution in [2.75, 3.05) is 36.3 Å². The van der Waals surface area contributed by atoms with Crippen molar-refractivity contribution in [1.82, 2.24) is 0 Å². The lowest BCUT2D eigenvalue weighted by Gasteiger charge is -2.18. The third-order valence-electron chi connectivity index (χ3n) is 5.47. The summed E-state index contributed by atoms with van der Waals surface area (Å²) in [7, 11) is 5.39. The lowest BCUT2D eigenvalue weighted by molar-refractivity contribution is -0.120. The van der Waals surface area contributed by atoms with Crippen molar-refractivity contribution in [2.24, 2.45) is 0 Å². The molecule has 1 aliphatic rings. The van der Waals surface area contributed by atoms with Crippen molar-refractivity contribution in [2.45, 2.75) is 6.92 Å². The van der Waals surface area contributed by atoms with E-state index in [1.54, 1.807) is 30.3 Å². The van der Waals surface area contributed by atoms with Crippen LogP contribution in [-0.4, -0.2) is 33.0 Å². The molecule has 0 spiro atoms. The smallest absolute Gasteiger partial charge is 0.282 e. The van der Waals surface area contributed by atoms with Crippen LogP contribution in [0.3, 0.4) is 0 Å². The number of carbonyl (C=O) groups is 2. The molecular weight excluding hydrogens is 438 g/mol. The predicted molar refractivity (Wildman–Crippen MR) is 133 cm³/mol. The number of halogens is 1. The van der Waals surface area contributed by atoms with Gasteiger partial charge in [-0.05, 0) is 55.0 Å². The summed E-state index contributed by atoms with van der Waals surface area (Å²) < 4.78 is 5.42. The molecule has 0 saturated heterocycles. The number of amides is 2. The van der Waals surface area contributed by atoms with Crippen molar-refractivity contribution >= 4 is 46.1 Å². The summed E-state index contributed by atoms with van der Waals surface area (Å²) in [6, 6.07) is 19.8. The number of benzene rings is 3. The number of aryl methyl sites for hydroxylation is 1. The number of ether oxygens (including phenoxy) is 1. The first-order valence-electron chi connectivity index (χ1n) is 10.4. The van der Waals surface area contributed by atoms with Crippen LogP contribution in [0.2, 0.25) is 5.02 Å². The van der Waals surface area contributed by atoms with Crippen molar-refractivity contribution in [3.05, 3.63) is 88.6 Å². The molecule has 168 valence electrons. The van der Waals surface area contributed by atoms with Crippen LogP contribution in [-0.2, 0) is 9.59 Å². The fourth-order valence-electron chi connectivity index (χ4n) is 3.68. The second kappa shape index (κ2) is 9.00. The van der Waals surface area contributed by atoms with E-state index in [1.165, 1.54) is 12.0 Å². The van der Waals surface area contributed by atoms with Crippen LogP contribution in [0.4, 0.5) is 17.1 Å². The monoisotopic (exact) mass is 461 g/mol. The zero-order valence-electron chi connectivity index (χ0n) is 18.8. The molecule has 0 unspecified atom stereocenters. The minimum atomic E-state index is -0.449. The minimum Gasteiger partial charge on any atom is -0.495 e. The number of nitrogens with zero attached hydrogens (tertiary/aromatic N) is 2. The molecule has 1 aliphatic heterocycles. The number of hydrogen-bond donors (Lipinski definition) is 1. The molecule has 33 heavy (non-hydrogen) atoms. The van der Waals surface area contributed by atoms with Crippen LogP contribution < -0.4 is 19.9 Å². The van der Waals surface area contributed by atoms with Gasteiger partial charge in [0.1, 0.15) is 11.4 Å². The van der Waals surface area contributed by atoms with Gasteiger partial charge < -0.3 is 15.0 Å². The van der Waals surface area contributed by atoms with Gasteiger partial charge in [0.25, 0.3) is 11.8 Å². The van der Waals surface area contributed by atoms with E-state index >= 15 is 0 Å². The Balaban J connectivity index is 1.82. The average molecular weight is 462 g/mol. The average Bonchev–Trinajstić information content (AvgIpc) is 3.04. The highest BCUT2D eigenvalue weighted by Crippen LogP contribution is 2.37. The van der Waals surface area contributed by atoms with Gasteiger partial charge in [0, 0.05) is 24.8 Å². The van der Waals surface area contributed by atoms with Crippen LogP contribution in [0.15, 0.2) is 72.4 Å². The first-order chi connectivity index (χ1) is 15.8. The van der Waals surface area contributed by atoms with Gasteiger partial charge >= 0.3 is 0 Å². The molecule has 2 amide bonds. The van der Waals surface area contributed by atoms with E-state index in [4.69, 9.17) is 16.3 Å². The summed E-state index contributed by atoms with van der Waals surface area (Å²) in [5, 5.41) is 3.60. The fourth-order valence-corrected chi connectivity index (χ4v) is 3.85. The Kier molecular flexibility index (Phi) is 6.11. The zero-order valence-corrected chi connectivity index (χ0v) is 19.6. The third kappa shape index (κ3) is 4.30. The molecule has 0 radical (unpaired) electrons. The lowest BCUT2D eigenvalue weighted by atomic mass is 10.0. The molecule has 0 aromatic heterocycles. The molecule has 4 rings (SSSR count). The van der Waals surface area contributed by atoms with E-state index in [9.17, 15) is 9.59 Å². The minimum absolute atomic E-state index is 0.168. The summed E-state index contributed by atoms with van der Waals surface area (Å²) >= 11 is 6.18. The summed E-state index contributed by atoms with van der Waals surface area (Å²) in [5.41, 5.74) is 4.12. The standard InChI is InChI=1S/C26H24ClN3O3/c1-16-5-7-17(8-6-16)23-24(28-21-15-18(27)9-14-22(21)33-4)26(32)30(25(23)31)20-12-10-19(11-13-20)29(2)3/h5-15,28H,1-4H3. The third-order valence-corrected chi connectivity index (χ3v) is 5.70. The molecule has 1 N–H and O–H groups in total. The number of anilines is 3. The Hall–Kier alpha value is -3.77. The molecule has 6 nitrogen and oxygen atoms in total. The maximum atomic E-state index is 13.6. The number of rotatable bonds is 6. The molecule has 0 atom stereocenters. The first-order valence-corrected chi connectivity index (χ1v) is 10.8. The lowest BCUT2D eigenvalue weighted by Crippen LogP contribution is -2.32. The van der Waals surface area contributed by atoms with Crippen molar-refractivity contribution < 1.29 is 14.3 Å². The van der Waals surface area contributed by atoms with Gasteiger partial charge in [-0.15, -0.1) is 0 Å². The maximum Gasteiger partial charge on any atom is 0.282 e. The number of nitrogens with one attached hydrogen (secondary N) is 1. The molecule has 0 aliphatic carbocycles. The molecule has 0 fully saturated rings. The first kappa shape index (κ1) is 22.4. The van der Waals surface area contributed by atoms with Gasteiger partial charge in [0.05, 0.1) is 24.1 Å². The number of imide groups is 1. The quantitative estimate of drug-likeness (QED) is 0.516. The van der Waals surface area contributed by atoms with Gasteiger partial charge in [-0.25, -0.2) is 4.90 Å². The molecule has 7 heteroatoms. The molecule has 3 aromatic rings. The second-order valence-corrected chi connectivity index (χ2v) is 8.38. The molecular formula is C26H24ClN3O3. The van der Waals surface area contributed by atoms with E-state index in [0.29, 0.717) is 33.3 Å². The molecule has 3 aromatic carbocycles. The summed E-state index contributed by atoms with van der Waals surface area (Å²) in [6.07, 6.45) is 0. The number of hydrogen-bond acceptors (Lipinski definition) is 5.